The molecule has 134 valence electrons. The van der Waals surface area contributed by atoms with Gasteiger partial charge in [0.15, 0.2) is 0 Å². The second-order valence-corrected chi connectivity index (χ2v) is 5.56. The van der Waals surface area contributed by atoms with Gasteiger partial charge in [0, 0.05) is 5.39 Å². The number of rotatable bonds is 4. The summed E-state index contributed by atoms with van der Waals surface area (Å²) >= 11 is 0. The lowest BCUT2D eigenvalue weighted by atomic mass is 10.2. The van der Waals surface area contributed by atoms with Crippen molar-refractivity contribution in [2.45, 2.75) is 6.54 Å². The number of hydrogen-bond donors (Lipinski definition) is 2. The van der Waals surface area contributed by atoms with E-state index in [9.17, 15) is 0 Å². The summed E-state index contributed by atoms with van der Waals surface area (Å²) in [7, 11) is 0. The molecule has 4 rings (SSSR count). The summed E-state index contributed by atoms with van der Waals surface area (Å²) in [4.78, 5) is 10.8. The first kappa shape index (κ1) is 19.5. The van der Waals surface area contributed by atoms with E-state index in [4.69, 9.17) is 19.1 Å². The number of fused-ring (bicyclic) bond motifs is 1. The van der Waals surface area contributed by atoms with Crippen molar-refractivity contribution < 1.29 is 26.5 Å². The molecule has 1 aliphatic rings. The van der Waals surface area contributed by atoms with Gasteiger partial charge >= 0.3 is 5.95 Å². The van der Waals surface area contributed by atoms with E-state index in [0.717, 1.165) is 54.7 Å². The second-order valence-electron chi connectivity index (χ2n) is 5.56. The Labute approximate surface area is 158 Å². The summed E-state index contributed by atoms with van der Waals surface area (Å²) in [6, 6.07) is 11.9. The molecule has 0 spiro atoms. The van der Waals surface area contributed by atoms with E-state index >= 15 is 0 Å². The van der Waals surface area contributed by atoms with Gasteiger partial charge in [-0.05, 0) is 24.3 Å². The first-order valence-electron chi connectivity index (χ1n) is 7.86. The van der Waals surface area contributed by atoms with E-state index in [0.29, 0.717) is 6.54 Å². The summed E-state index contributed by atoms with van der Waals surface area (Å²) in [5.74, 6) is 2.56. The molecule has 2 aromatic heterocycles. The summed E-state index contributed by atoms with van der Waals surface area (Å²) in [6.07, 6.45) is 1.68. The maximum atomic E-state index is 5.43. The smallest absolute Gasteiger partial charge is 0.329 e. The van der Waals surface area contributed by atoms with Crippen LogP contribution in [0.25, 0.3) is 10.9 Å². The Bertz CT molecular complexity index is 792. The van der Waals surface area contributed by atoms with Crippen molar-refractivity contribution >= 4 is 35.1 Å². The van der Waals surface area contributed by atoms with Crippen molar-refractivity contribution in [3.63, 3.8) is 0 Å². The minimum atomic E-state index is 0. The minimum Gasteiger partial charge on any atom is -1.00 e. The van der Waals surface area contributed by atoms with Crippen LogP contribution in [-0.2, 0) is 11.3 Å². The molecule has 0 aliphatic carbocycles. The second kappa shape index (κ2) is 9.01. The van der Waals surface area contributed by atoms with Crippen LogP contribution in [0.2, 0.25) is 0 Å². The number of benzene rings is 1. The highest BCUT2D eigenvalue weighted by Crippen LogP contribution is 2.21. The molecule has 0 radical (unpaired) electrons. The van der Waals surface area contributed by atoms with Gasteiger partial charge in [0.05, 0.1) is 31.5 Å². The maximum Gasteiger partial charge on any atom is 0.329 e. The van der Waals surface area contributed by atoms with Gasteiger partial charge in [-0.15, -0.1) is 12.4 Å². The molecule has 3 heterocycles. The van der Waals surface area contributed by atoms with Crippen LogP contribution in [0.15, 0.2) is 47.1 Å². The van der Waals surface area contributed by atoms with Gasteiger partial charge in [0.25, 0.3) is 0 Å². The van der Waals surface area contributed by atoms with Gasteiger partial charge in [0.1, 0.15) is 24.7 Å². The first-order chi connectivity index (χ1) is 11.4. The van der Waals surface area contributed by atoms with Crippen LogP contribution in [0.1, 0.15) is 5.76 Å². The number of quaternary nitrogens is 1. The molecule has 0 atom stereocenters. The SMILES string of the molecule is Cl.[Cl-].c1coc(CNc2nc([NH+]3CCOCC3)nc3ccccc23)c1. The number of aromatic nitrogens is 2. The Hall–Kier alpha value is -1.86. The van der Waals surface area contributed by atoms with Crippen molar-refractivity contribution in [1.82, 2.24) is 9.97 Å². The third-order valence-corrected chi connectivity index (χ3v) is 4.03. The Kier molecular flexibility index (Phi) is 7.01. The van der Waals surface area contributed by atoms with Gasteiger partial charge in [0.2, 0.25) is 0 Å². The van der Waals surface area contributed by atoms with E-state index in [-0.39, 0.29) is 24.8 Å². The van der Waals surface area contributed by atoms with Crippen LogP contribution in [0.5, 0.6) is 0 Å². The van der Waals surface area contributed by atoms with Crippen LogP contribution >= 0.6 is 12.4 Å². The zero-order valence-electron chi connectivity index (χ0n) is 13.6. The van der Waals surface area contributed by atoms with Gasteiger partial charge in [-0.3, -0.25) is 4.90 Å². The summed E-state index contributed by atoms with van der Waals surface area (Å²) in [5, 5.41) is 4.40. The van der Waals surface area contributed by atoms with Crippen LogP contribution < -0.4 is 22.6 Å². The lowest BCUT2D eigenvalue weighted by Gasteiger charge is -2.22. The fourth-order valence-electron chi connectivity index (χ4n) is 2.79. The number of nitrogens with one attached hydrogen (secondary N) is 2. The van der Waals surface area contributed by atoms with E-state index in [1.54, 1.807) is 6.26 Å². The molecule has 1 fully saturated rings. The Morgan fingerprint density at radius 3 is 2.60 bits per heavy atom. The van der Waals surface area contributed by atoms with Crippen molar-refractivity contribution in [3.8, 4) is 0 Å². The third-order valence-electron chi connectivity index (χ3n) is 4.03. The standard InChI is InChI=1S/C17H18N4O2.2ClH/c1-2-6-15-14(5-1)16(18-12-13-4-3-9-23-13)20-17(19-15)21-7-10-22-11-8-21;;/h1-6,9H,7-8,10-12H2,(H,18,19,20);2*1H. The van der Waals surface area contributed by atoms with E-state index in [1.165, 1.54) is 4.90 Å². The molecule has 0 saturated carbocycles. The number of halogens is 2. The molecule has 0 bridgehead atoms. The van der Waals surface area contributed by atoms with Gasteiger partial charge in [-0.25, -0.2) is 0 Å². The topological polar surface area (TPSA) is 64.6 Å². The molecule has 1 saturated heterocycles. The number of hydrogen-bond acceptors (Lipinski definition) is 5. The molecule has 25 heavy (non-hydrogen) atoms. The fraction of sp³-hybridized carbons (Fsp3) is 0.294. The highest BCUT2D eigenvalue weighted by Gasteiger charge is 2.21. The van der Waals surface area contributed by atoms with Crippen LogP contribution in [0.4, 0.5) is 11.8 Å². The summed E-state index contributed by atoms with van der Waals surface area (Å²) in [5.41, 5.74) is 0.957. The maximum absolute atomic E-state index is 5.43. The zero-order valence-corrected chi connectivity index (χ0v) is 15.1. The number of anilines is 1. The average Bonchev–Trinajstić information content (AvgIpc) is 3.14. The van der Waals surface area contributed by atoms with Crippen molar-refractivity contribution in [2.75, 3.05) is 31.6 Å². The quantitative estimate of drug-likeness (QED) is 0.593. The molecule has 8 heteroatoms. The Balaban J connectivity index is 0.00000113. The van der Waals surface area contributed by atoms with E-state index < -0.39 is 0 Å². The van der Waals surface area contributed by atoms with E-state index in [2.05, 4.69) is 5.32 Å². The monoisotopic (exact) mass is 382 g/mol. The predicted octanol–water partition coefficient (Wildman–Crippen LogP) is -1.19. The third kappa shape index (κ3) is 4.41. The van der Waals surface area contributed by atoms with E-state index in [1.807, 2.05) is 36.4 Å². The highest BCUT2D eigenvalue weighted by molar-refractivity contribution is 5.89. The Morgan fingerprint density at radius 1 is 1.04 bits per heavy atom. The number of nitrogens with zero attached hydrogens (tertiary/aromatic N) is 2. The molecule has 2 N–H and O–H groups in total. The lowest BCUT2D eigenvalue weighted by molar-refractivity contribution is -0.847. The molecule has 1 aromatic carbocycles. The largest absolute Gasteiger partial charge is 1.00 e. The molecule has 0 amide bonds. The molecule has 1 aliphatic heterocycles. The normalized spacial score (nSPS) is 14.6. The first-order valence-corrected chi connectivity index (χ1v) is 7.86. The van der Waals surface area contributed by atoms with Crippen molar-refractivity contribution in [1.29, 1.82) is 0 Å². The van der Waals surface area contributed by atoms with Crippen molar-refractivity contribution in [2.24, 2.45) is 0 Å². The summed E-state index contributed by atoms with van der Waals surface area (Å²) in [6.45, 7) is 3.90. The molecule has 3 aromatic rings. The van der Waals surface area contributed by atoms with Crippen molar-refractivity contribution in [3.05, 3.63) is 48.4 Å². The highest BCUT2D eigenvalue weighted by atomic mass is 35.5. The fourth-order valence-corrected chi connectivity index (χ4v) is 2.79. The summed E-state index contributed by atoms with van der Waals surface area (Å²) < 4.78 is 10.8. The molecule has 0 unspecified atom stereocenters. The number of ether oxygens (including phenoxy) is 1. The van der Waals surface area contributed by atoms with Crippen LogP contribution in [0.3, 0.4) is 0 Å². The van der Waals surface area contributed by atoms with Gasteiger partial charge in [-0.1, -0.05) is 12.1 Å². The molecular formula is C17H20Cl2N4O2. The van der Waals surface area contributed by atoms with Gasteiger partial charge in [-0.2, -0.15) is 9.97 Å². The molecule has 6 nitrogen and oxygen atoms in total. The zero-order chi connectivity index (χ0) is 15.5. The predicted molar refractivity (Wildman–Crippen MR) is 94.0 cm³/mol. The Morgan fingerprint density at radius 2 is 1.84 bits per heavy atom. The minimum absolute atomic E-state index is 0. The number of para-hydroxylation sites is 1. The van der Waals surface area contributed by atoms with Crippen LogP contribution in [-0.4, -0.2) is 36.3 Å². The number of furan rings is 1. The van der Waals surface area contributed by atoms with Gasteiger partial charge < -0.3 is 26.9 Å². The number of morpholine rings is 1. The molecular weight excluding hydrogens is 363 g/mol. The average molecular weight is 383 g/mol. The van der Waals surface area contributed by atoms with Crippen LogP contribution in [0, 0.1) is 0 Å². The lowest BCUT2D eigenvalue weighted by Crippen LogP contribution is -3.10.